The molecule has 0 saturated carbocycles. The molecule has 1 heterocycles. The maximum Gasteiger partial charge on any atom is 0.317 e. The van der Waals surface area contributed by atoms with Crippen LogP contribution in [-0.2, 0) is 11.3 Å². The van der Waals surface area contributed by atoms with Crippen LogP contribution in [0.25, 0.3) is 0 Å². The average Bonchev–Trinajstić information content (AvgIpc) is 2.49. The van der Waals surface area contributed by atoms with E-state index < -0.39 is 5.97 Å². The molecule has 0 aliphatic carbocycles. The van der Waals surface area contributed by atoms with E-state index in [1.807, 2.05) is 17.9 Å². The minimum atomic E-state index is -0.734. The summed E-state index contributed by atoms with van der Waals surface area (Å²) in [7, 11) is 0. The third kappa shape index (κ3) is 5.14. The fourth-order valence-electron chi connectivity index (χ4n) is 3.09. The number of hydrogen-bond acceptors (Lipinski definition) is 3. The van der Waals surface area contributed by atoms with Crippen molar-refractivity contribution in [2.45, 2.75) is 38.8 Å². The van der Waals surface area contributed by atoms with Gasteiger partial charge in [0.1, 0.15) is 0 Å². The van der Waals surface area contributed by atoms with Crippen molar-refractivity contribution in [3.05, 3.63) is 35.9 Å². The van der Waals surface area contributed by atoms with Crippen LogP contribution in [0.5, 0.6) is 0 Å². The number of likely N-dealkylation sites (tertiary alicyclic amines) is 1. The average molecular weight is 290 g/mol. The summed E-state index contributed by atoms with van der Waals surface area (Å²) in [6.45, 7) is 5.91. The Kier molecular flexibility index (Phi) is 6.21. The Hall–Kier alpha value is -1.39. The van der Waals surface area contributed by atoms with Crippen LogP contribution in [0.15, 0.2) is 30.3 Å². The molecule has 4 nitrogen and oxygen atoms in total. The largest absolute Gasteiger partial charge is 0.480 e. The summed E-state index contributed by atoms with van der Waals surface area (Å²) in [5.74, 6) is -0.734. The summed E-state index contributed by atoms with van der Waals surface area (Å²) in [5, 5.41) is 8.99. The molecule has 1 atom stereocenters. The molecule has 1 saturated heterocycles. The topological polar surface area (TPSA) is 43.8 Å². The Balaban J connectivity index is 1.96. The van der Waals surface area contributed by atoms with E-state index in [1.54, 1.807) is 0 Å². The van der Waals surface area contributed by atoms with Gasteiger partial charge < -0.3 is 5.11 Å². The van der Waals surface area contributed by atoms with Crippen molar-refractivity contribution in [1.82, 2.24) is 9.80 Å². The van der Waals surface area contributed by atoms with Gasteiger partial charge in [-0.3, -0.25) is 14.6 Å². The van der Waals surface area contributed by atoms with E-state index in [-0.39, 0.29) is 6.54 Å². The van der Waals surface area contributed by atoms with Gasteiger partial charge in [-0.15, -0.1) is 0 Å². The third-order valence-electron chi connectivity index (χ3n) is 4.25. The number of nitrogens with zero attached hydrogens (tertiary/aromatic N) is 2. The molecule has 0 amide bonds. The van der Waals surface area contributed by atoms with Crippen molar-refractivity contribution in [2.24, 2.45) is 0 Å². The van der Waals surface area contributed by atoms with Gasteiger partial charge in [-0.25, -0.2) is 0 Å². The number of rotatable bonds is 7. The molecule has 1 aliphatic rings. The Labute approximate surface area is 127 Å². The molecule has 1 N–H and O–H groups in total. The van der Waals surface area contributed by atoms with Crippen LogP contribution in [0.1, 0.15) is 31.7 Å². The Morgan fingerprint density at radius 1 is 1.33 bits per heavy atom. The van der Waals surface area contributed by atoms with Crippen LogP contribution >= 0.6 is 0 Å². The zero-order valence-corrected chi connectivity index (χ0v) is 12.9. The number of carboxylic acids is 1. The van der Waals surface area contributed by atoms with Gasteiger partial charge in [-0.2, -0.15) is 0 Å². The van der Waals surface area contributed by atoms with Gasteiger partial charge in [-0.05, 0) is 31.5 Å². The second-order valence-corrected chi connectivity index (χ2v) is 5.83. The van der Waals surface area contributed by atoms with E-state index in [0.717, 1.165) is 26.2 Å². The summed E-state index contributed by atoms with van der Waals surface area (Å²) in [6, 6.07) is 11.0. The molecule has 0 bridgehead atoms. The molecular formula is C17H26N2O2. The highest BCUT2D eigenvalue weighted by atomic mass is 16.4. The van der Waals surface area contributed by atoms with E-state index in [9.17, 15) is 4.79 Å². The number of piperidine rings is 1. The van der Waals surface area contributed by atoms with Crippen LogP contribution in [-0.4, -0.2) is 53.1 Å². The maximum absolute atomic E-state index is 10.9. The first-order valence-electron chi connectivity index (χ1n) is 7.91. The van der Waals surface area contributed by atoms with Crippen molar-refractivity contribution in [2.75, 3.05) is 26.2 Å². The normalized spacial score (nSPS) is 19.8. The molecule has 0 unspecified atom stereocenters. The van der Waals surface area contributed by atoms with E-state index in [1.165, 1.54) is 24.8 Å². The lowest BCUT2D eigenvalue weighted by molar-refractivity contribution is -0.138. The molecule has 1 aromatic rings. The molecule has 0 radical (unpaired) electrons. The van der Waals surface area contributed by atoms with Gasteiger partial charge in [0.2, 0.25) is 0 Å². The lowest BCUT2D eigenvalue weighted by atomic mass is 10.0. The van der Waals surface area contributed by atoms with Gasteiger partial charge in [0, 0.05) is 19.1 Å². The highest BCUT2D eigenvalue weighted by molar-refractivity contribution is 5.69. The Morgan fingerprint density at radius 3 is 2.76 bits per heavy atom. The lowest BCUT2D eigenvalue weighted by Crippen LogP contribution is -2.47. The fourth-order valence-corrected chi connectivity index (χ4v) is 3.09. The molecule has 4 heteroatoms. The second-order valence-electron chi connectivity index (χ2n) is 5.83. The Morgan fingerprint density at radius 2 is 2.10 bits per heavy atom. The van der Waals surface area contributed by atoms with Gasteiger partial charge in [-0.1, -0.05) is 43.7 Å². The SMILES string of the molecule is CCN(CC(=O)O)C[C@H]1CCCCN1Cc1ccccc1. The first kappa shape index (κ1) is 16.0. The number of carbonyl (C=O) groups is 1. The van der Waals surface area contributed by atoms with Gasteiger partial charge in [0.25, 0.3) is 0 Å². The van der Waals surface area contributed by atoms with Crippen LogP contribution in [0.3, 0.4) is 0 Å². The standard InChI is InChI=1S/C17H26N2O2/c1-2-18(14-17(20)21)13-16-10-6-7-11-19(16)12-15-8-4-3-5-9-15/h3-5,8-9,16H,2,6-7,10-14H2,1H3,(H,20,21)/t16-/m1/s1. The summed E-state index contributed by atoms with van der Waals surface area (Å²) < 4.78 is 0. The fraction of sp³-hybridized carbons (Fsp3) is 0.588. The minimum Gasteiger partial charge on any atom is -0.480 e. The molecule has 0 aromatic heterocycles. The van der Waals surface area contributed by atoms with Crippen molar-refractivity contribution in [3.8, 4) is 0 Å². The van der Waals surface area contributed by atoms with E-state index in [0.29, 0.717) is 6.04 Å². The zero-order valence-electron chi connectivity index (χ0n) is 12.9. The van der Waals surface area contributed by atoms with Crippen molar-refractivity contribution >= 4 is 5.97 Å². The quantitative estimate of drug-likeness (QED) is 0.838. The smallest absolute Gasteiger partial charge is 0.317 e. The van der Waals surface area contributed by atoms with E-state index >= 15 is 0 Å². The first-order valence-corrected chi connectivity index (χ1v) is 7.91. The minimum absolute atomic E-state index is 0.145. The molecule has 2 rings (SSSR count). The Bertz CT molecular complexity index is 436. The van der Waals surface area contributed by atoms with Crippen molar-refractivity contribution in [3.63, 3.8) is 0 Å². The zero-order chi connectivity index (χ0) is 15.1. The van der Waals surface area contributed by atoms with Crippen molar-refractivity contribution < 1.29 is 9.90 Å². The highest BCUT2D eigenvalue weighted by Gasteiger charge is 2.24. The molecule has 0 spiro atoms. The second kappa shape index (κ2) is 8.15. The lowest BCUT2D eigenvalue weighted by Gasteiger charge is -2.38. The molecule has 1 aromatic carbocycles. The number of likely N-dealkylation sites (N-methyl/N-ethyl adjacent to an activating group) is 1. The monoisotopic (exact) mass is 290 g/mol. The maximum atomic E-state index is 10.9. The summed E-state index contributed by atoms with van der Waals surface area (Å²) >= 11 is 0. The molecule has 1 aliphatic heterocycles. The number of carboxylic acid groups (broad SMARTS) is 1. The van der Waals surface area contributed by atoms with E-state index in [2.05, 4.69) is 29.2 Å². The highest BCUT2D eigenvalue weighted by Crippen LogP contribution is 2.20. The van der Waals surface area contributed by atoms with Crippen LogP contribution in [0.2, 0.25) is 0 Å². The predicted octanol–water partition coefficient (Wildman–Crippen LogP) is 2.45. The molecule has 21 heavy (non-hydrogen) atoms. The van der Waals surface area contributed by atoms with E-state index in [4.69, 9.17) is 5.11 Å². The molecule has 116 valence electrons. The number of benzene rings is 1. The molecular weight excluding hydrogens is 264 g/mol. The van der Waals surface area contributed by atoms with Gasteiger partial charge in [0.05, 0.1) is 6.54 Å². The number of aliphatic carboxylic acids is 1. The van der Waals surface area contributed by atoms with Crippen LogP contribution in [0, 0.1) is 0 Å². The third-order valence-corrected chi connectivity index (χ3v) is 4.25. The summed E-state index contributed by atoms with van der Waals surface area (Å²) in [5.41, 5.74) is 1.34. The predicted molar refractivity (Wildman–Crippen MR) is 84.2 cm³/mol. The molecule has 1 fully saturated rings. The van der Waals surface area contributed by atoms with Gasteiger partial charge >= 0.3 is 5.97 Å². The van der Waals surface area contributed by atoms with Crippen molar-refractivity contribution in [1.29, 1.82) is 0 Å². The van der Waals surface area contributed by atoms with Crippen LogP contribution in [0.4, 0.5) is 0 Å². The van der Waals surface area contributed by atoms with Gasteiger partial charge in [0.15, 0.2) is 0 Å². The number of hydrogen-bond donors (Lipinski definition) is 1. The van der Waals surface area contributed by atoms with Crippen LogP contribution < -0.4 is 0 Å². The summed E-state index contributed by atoms with van der Waals surface area (Å²) in [6.07, 6.45) is 3.66. The first-order chi connectivity index (χ1) is 10.2. The summed E-state index contributed by atoms with van der Waals surface area (Å²) in [4.78, 5) is 15.5.